The van der Waals surface area contributed by atoms with Crippen LogP contribution in [0.5, 0.6) is 0 Å². The lowest BCUT2D eigenvalue weighted by molar-refractivity contribution is -0.191. The van der Waals surface area contributed by atoms with E-state index < -0.39 is 0 Å². The molecule has 4 nitrogen and oxygen atoms in total. The molecule has 0 aromatic heterocycles. The lowest BCUT2D eigenvalue weighted by Crippen LogP contribution is -2.46. The van der Waals surface area contributed by atoms with Crippen molar-refractivity contribution in [3.8, 4) is 0 Å². The Bertz CT molecular complexity index is 1430. The van der Waals surface area contributed by atoms with Crippen LogP contribution in [0.2, 0.25) is 0 Å². The molecule has 2 heterocycles. The Hall–Kier alpha value is -3.60. The van der Waals surface area contributed by atoms with Crippen molar-refractivity contribution in [2.75, 3.05) is 49.2 Å². The topological polar surface area (TPSA) is 24.9 Å². The summed E-state index contributed by atoms with van der Waals surface area (Å²) in [6.07, 6.45) is 18.7. The summed E-state index contributed by atoms with van der Waals surface area (Å²) in [7, 11) is 0. The van der Waals surface area contributed by atoms with Crippen LogP contribution < -0.4 is 9.80 Å². The van der Waals surface area contributed by atoms with E-state index in [0.29, 0.717) is 19.1 Å². The molecular weight excluding hydrogens is 661 g/mol. The molecule has 2 aliphatic heterocycles. The SMILES string of the molecule is CCCCCCCCc1ccc(N2CCN(c3ccc(CCCCCCCC)cc3)CC2)cc1.Cc1ccc(C2COC(c3ccc(C)cc3)OC2)cc1. The van der Waals surface area contributed by atoms with E-state index in [2.05, 4.69) is 135 Å². The second-order valence-electron chi connectivity index (χ2n) is 15.9. The molecule has 4 aromatic rings. The maximum Gasteiger partial charge on any atom is 0.183 e. The van der Waals surface area contributed by atoms with Crippen LogP contribution >= 0.6 is 0 Å². The first kappa shape index (κ1) is 41.6. The van der Waals surface area contributed by atoms with Gasteiger partial charge < -0.3 is 19.3 Å². The number of ether oxygens (including phenoxy) is 2. The van der Waals surface area contributed by atoms with E-state index in [4.69, 9.17) is 9.47 Å². The zero-order valence-corrected chi connectivity index (χ0v) is 34.2. The van der Waals surface area contributed by atoms with Gasteiger partial charge in [-0.3, -0.25) is 0 Å². The van der Waals surface area contributed by atoms with Gasteiger partial charge in [-0.25, -0.2) is 0 Å². The first-order valence-electron chi connectivity index (χ1n) is 21.6. The number of piperazine rings is 1. The van der Waals surface area contributed by atoms with Gasteiger partial charge in [0.25, 0.3) is 0 Å². The molecule has 0 radical (unpaired) electrons. The quantitative estimate of drug-likeness (QED) is 0.0952. The molecule has 0 N–H and O–H groups in total. The monoisotopic (exact) mass is 731 g/mol. The van der Waals surface area contributed by atoms with Gasteiger partial charge >= 0.3 is 0 Å². The minimum absolute atomic E-state index is 0.225. The fourth-order valence-corrected chi connectivity index (χ4v) is 7.64. The van der Waals surface area contributed by atoms with Crippen molar-refractivity contribution in [1.82, 2.24) is 0 Å². The molecule has 6 rings (SSSR count). The third-order valence-electron chi connectivity index (χ3n) is 11.3. The normalized spacial score (nSPS) is 17.3. The molecule has 292 valence electrons. The first-order valence-corrected chi connectivity index (χ1v) is 21.6. The van der Waals surface area contributed by atoms with Crippen LogP contribution in [0, 0.1) is 13.8 Å². The molecule has 0 amide bonds. The largest absolute Gasteiger partial charge is 0.368 e. The van der Waals surface area contributed by atoms with Gasteiger partial charge in [-0.15, -0.1) is 0 Å². The number of nitrogens with zero attached hydrogens (tertiary/aromatic N) is 2. The Morgan fingerprint density at radius 1 is 0.444 bits per heavy atom. The summed E-state index contributed by atoms with van der Waals surface area (Å²) < 4.78 is 11.8. The maximum absolute atomic E-state index is 5.88. The summed E-state index contributed by atoms with van der Waals surface area (Å²) >= 11 is 0. The molecule has 0 atom stereocenters. The fourth-order valence-electron chi connectivity index (χ4n) is 7.64. The van der Waals surface area contributed by atoms with Crippen molar-refractivity contribution >= 4 is 11.4 Å². The van der Waals surface area contributed by atoms with Gasteiger partial charge in [-0.2, -0.15) is 0 Å². The van der Waals surface area contributed by atoms with Crippen molar-refractivity contribution in [3.63, 3.8) is 0 Å². The summed E-state index contributed by atoms with van der Waals surface area (Å²) in [6, 6.07) is 35.8. The van der Waals surface area contributed by atoms with Gasteiger partial charge in [0.15, 0.2) is 6.29 Å². The molecular formula is C50H70N2O2. The summed E-state index contributed by atoms with van der Waals surface area (Å²) in [5.74, 6) is 0.331. The molecule has 4 aromatic carbocycles. The average Bonchev–Trinajstić information content (AvgIpc) is 3.22. The summed E-state index contributed by atoms with van der Waals surface area (Å²) in [4.78, 5) is 5.11. The molecule has 0 saturated carbocycles. The van der Waals surface area contributed by atoms with Crippen molar-refractivity contribution in [1.29, 1.82) is 0 Å². The van der Waals surface area contributed by atoms with Crippen LogP contribution in [0.3, 0.4) is 0 Å². The van der Waals surface area contributed by atoms with Crippen LogP contribution in [-0.2, 0) is 22.3 Å². The Kier molecular flexibility index (Phi) is 18.0. The smallest absolute Gasteiger partial charge is 0.183 e. The number of unbranched alkanes of at least 4 members (excludes halogenated alkanes) is 10. The molecule has 0 aliphatic carbocycles. The zero-order chi connectivity index (χ0) is 37.8. The number of anilines is 2. The Labute approximate surface area is 329 Å². The van der Waals surface area contributed by atoms with Gasteiger partial charge in [0, 0.05) is 49.0 Å². The van der Waals surface area contributed by atoms with E-state index in [1.54, 1.807) is 0 Å². The highest BCUT2D eigenvalue weighted by atomic mass is 16.7. The summed E-state index contributed by atoms with van der Waals surface area (Å²) in [5.41, 5.74) is 10.7. The third-order valence-corrected chi connectivity index (χ3v) is 11.3. The van der Waals surface area contributed by atoms with Crippen LogP contribution in [0.25, 0.3) is 0 Å². The van der Waals surface area contributed by atoms with Gasteiger partial charge in [-0.05, 0) is 80.5 Å². The van der Waals surface area contributed by atoms with Crippen molar-refractivity contribution in [2.45, 2.75) is 130 Å². The lowest BCUT2D eigenvalue weighted by Gasteiger charge is -2.37. The Balaban J connectivity index is 0.000000237. The predicted octanol–water partition coefficient (Wildman–Crippen LogP) is 13.0. The number of hydrogen-bond donors (Lipinski definition) is 0. The summed E-state index contributed by atoms with van der Waals surface area (Å²) in [5, 5.41) is 0. The van der Waals surface area contributed by atoms with E-state index in [-0.39, 0.29) is 6.29 Å². The number of hydrogen-bond acceptors (Lipinski definition) is 4. The molecule has 0 spiro atoms. The maximum atomic E-state index is 5.88. The number of benzene rings is 4. The zero-order valence-electron chi connectivity index (χ0n) is 34.2. The standard InChI is InChI=1S/C32H50N2.C18H20O2/c1-3-5-7-9-11-13-15-29-17-21-31(22-18-29)33-25-27-34(28-26-33)32-23-19-30(20-24-32)16-14-12-10-8-6-4-2;1-13-3-7-15(8-4-13)17-11-19-18(20-12-17)16-9-5-14(2)6-10-16/h17-24H,3-16,25-28H2,1-2H3;3-10,17-18H,11-12H2,1-2H3. The van der Waals surface area contributed by atoms with Gasteiger partial charge in [0.05, 0.1) is 13.2 Å². The molecule has 4 heteroatoms. The van der Waals surface area contributed by atoms with E-state index in [1.807, 2.05) is 0 Å². The van der Waals surface area contributed by atoms with Crippen molar-refractivity contribution < 1.29 is 9.47 Å². The van der Waals surface area contributed by atoms with Crippen molar-refractivity contribution in [3.05, 3.63) is 130 Å². The fraction of sp³-hybridized carbons (Fsp3) is 0.520. The average molecular weight is 731 g/mol. The predicted molar refractivity (Wildman–Crippen MR) is 231 cm³/mol. The highest BCUT2D eigenvalue weighted by molar-refractivity contribution is 5.53. The summed E-state index contributed by atoms with van der Waals surface area (Å²) in [6.45, 7) is 14.6. The van der Waals surface area contributed by atoms with E-state index in [1.165, 1.54) is 129 Å². The van der Waals surface area contributed by atoms with Crippen LogP contribution in [0.1, 0.15) is 136 Å². The van der Waals surface area contributed by atoms with Crippen LogP contribution in [-0.4, -0.2) is 39.4 Å². The molecule has 2 saturated heterocycles. The number of aryl methyl sites for hydroxylation is 4. The van der Waals surface area contributed by atoms with E-state index >= 15 is 0 Å². The molecule has 2 aliphatic rings. The van der Waals surface area contributed by atoms with Gasteiger partial charge in [0.2, 0.25) is 0 Å². The molecule has 2 fully saturated rings. The van der Waals surface area contributed by atoms with Crippen LogP contribution in [0.4, 0.5) is 11.4 Å². The second-order valence-corrected chi connectivity index (χ2v) is 15.9. The van der Waals surface area contributed by atoms with Gasteiger partial charge in [0.1, 0.15) is 0 Å². The number of rotatable bonds is 18. The minimum Gasteiger partial charge on any atom is -0.368 e. The van der Waals surface area contributed by atoms with Crippen LogP contribution in [0.15, 0.2) is 97.1 Å². The minimum atomic E-state index is -0.225. The first-order chi connectivity index (χ1) is 26.5. The third kappa shape index (κ3) is 13.9. The van der Waals surface area contributed by atoms with E-state index in [9.17, 15) is 0 Å². The molecule has 54 heavy (non-hydrogen) atoms. The van der Waals surface area contributed by atoms with E-state index in [0.717, 1.165) is 31.7 Å². The Morgan fingerprint density at radius 3 is 1.22 bits per heavy atom. The van der Waals surface area contributed by atoms with Crippen molar-refractivity contribution in [2.24, 2.45) is 0 Å². The molecule has 0 unspecified atom stereocenters. The highest BCUT2D eigenvalue weighted by Gasteiger charge is 2.24. The van der Waals surface area contributed by atoms with Gasteiger partial charge in [-0.1, -0.05) is 162 Å². The lowest BCUT2D eigenvalue weighted by atomic mass is 9.99. The second kappa shape index (κ2) is 23.3. The highest BCUT2D eigenvalue weighted by Crippen LogP contribution is 2.30. The molecule has 0 bridgehead atoms. The Morgan fingerprint density at radius 2 is 0.815 bits per heavy atom.